The highest BCUT2D eigenvalue weighted by Gasteiger charge is 2.05. The minimum atomic E-state index is -0.895. The van der Waals surface area contributed by atoms with Gasteiger partial charge in [0.15, 0.2) is 0 Å². The van der Waals surface area contributed by atoms with E-state index in [9.17, 15) is 9.59 Å². The monoisotopic (exact) mass is 172 g/mol. The minimum Gasteiger partial charge on any atom is -0.481 e. The molecule has 0 amide bonds. The van der Waals surface area contributed by atoms with Crippen LogP contribution in [0.5, 0.6) is 0 Å². The highest BCUT2D eigenvalue weighted by Crippen LogP contribution is 2.06. The summed E-state index contributed by atoms with van der Waals surface area (Å²) in [4.78, 5) is 21.1. The molecule has 70 valence electrons. The van der Waals surface area contributed by atoms with Crippen molar-refractivity contribution in [1.82, 2.24) is 0 Å². The molecule has 0 fully saturated rings. The summed E-state index contributed by atoms with van der Waals surface area (Å²) >= 11 is 0. The van der Waals surface area contributed by atoms with Crippen LogP contribution >= 0.6 is 0 Å². The van der Waals surface area contributed by atoms with Gasteiger partial charge in [0.05, 0.1) is 6.42 Å². The molecule has 0 aliphatic heterocycles. The van der Waals surface area contributed by atoms with Crippen molar-refractivity contribution in [2.24, 2.45) is 5.92 Å². The zero-order chi connectivity index (χ0) is 9.56. The first-order valence-electron chi connectivity index (χ1n) is 4.26. The molecule has 3 heteroatoms. The fourth-order valence-electron chi connectivity index (χ4n) is 0.821. The lowest BCUT2D eigenvalue weighted by Gasteiger charge is -2.01. The molecule has 0 aliphatic carbocycles. The Morgan fingerprint density at radius 1 is 1.17 bits per heavy atom. The maximum absolute atomic E-state index is 11.0. The van der Waals surface area contributed by atoms with E-state index in [-0.39, 0.29) is 18.6 Å². The lowest BCUT2D eigenvalue weighted by molar-refractivity contribution is -0.138. The molecule has 0 unspecified atom stereocenters. The first kappa shape index (κ1) is 11.1. The summed E-state index contributed by atoms with van der Waals surface area (Å²) in [5.74, 6) is -0.322. The Labute approximate surface area is 72.8 Å². The lowest BCUT2D eigenvalue weighted by atomic mass is 10.0. The van der Waals surface area contributed by atoms with Crippen LogP contribution in [0, 0.1) is 5.92 Å². The number of hydrogen-bond donors (Lipinski definition) is 1. The van der Waals surface area contributed by atoms with Gasteiger partial charge in [-0.25, -0.2) is 0 Å². The lowest BCUT2D eigenvalue weighted by Crippen LogP contribution is -2.04. The Morgan fingerprint density at radius 3 is 2.17 bits per heavy atom. The molecule has 0 saturated carbocycles. The molecule has 1 N–H and O–H groups in total. The Kier molecular flexibility index (Phi) is 5.34. The van der Waals surface area contributed by atoms with E-state index in [2.05, 4.69) is 0 Å². The largest absolute Gasteiger partial charge is 0.481 e. The van der Waals surface area contributed by atoms with Crippen molar-refractivity contribution in [2.45, 2.75) is 39.5 Å². The van der Waals surface area contributed by atoms with Gasteiger partial charge in [-0.2, -0.15) is 0 Å². The van der Waals surface area contributed by atoms with Gasteiger partial charge in [-0.3, -0.25) is 9.59 Å². The highest BCUT2D eigenvalue weighted by molar-refractivity contribution is 5.82. The molecule has 12 heavy (non-hydrogen) atoms. The molecule has 0 bridgehead atoms. The second-order valence-corrected chi connectivity index (χ2v) is 3.36. The van der Waals surface area contributed by atoms with Gasteiger partial charge in [0.2, 0.25) is 0 Å². The summed E-state index contributed by atoms with van der Waals surface area (Å²) in [5.41, 5.74) is 0. The molecule has 0 heterocycles. The van der Waals surface area contributed by atoms with Gasteiger partial charge in [-0.15, -0.1) is 0 Å². The van der Waals surface area contributed by atoms with Crippen LogP contribution in [0.4, 0.5) is 0 Å². The van der Waals surface area contributed by atoms with E-state index < -0.39 is 5.97 Å². The molecular weight excluding hydrogens is 156 g/mol. The number of ketones is 1. The van der Waals surface area contributed by atoms with Crippen LogP contribution in [0.15, 0.2) is 0 Å². The van der Waals surface area contributed by atoms with E-state index >= 15 is 0 Å². The molecule has 0 spiro atoms. The fraction of sp³-hybridized carbons (Fsp3) is 0.778. The van der Waals surface area contributed by atoms with Crippen molar-refractivity contribution in [2.75, 3.05) is 0 Å². The van der Waals surface area contributed by atoms with E-state index in [1.165, 1.54) is 0 Å². The average Bonchev–Trinajstić information content (AvgIpc) is 1.96. The molecule has 0 rings (SSSR count). The standard InChI is InChI=1S/C9H16O3/c1-7(2)3-4-8(10)5-6-9(11)12/h7H,3-6H2,1-2H3,(H,11,12). The zero-order valence-electron chi connectivity index (χ0n) is 7.67. The predicted molar refractivity (Wildman–Crippen MR) is 45.9 cm³/mol. The fourth-order valence-corrected chi connectivity index (χ4v) is 0.821. The summed E-state index contributed by atoms with van der Waals surface area (Å²) in [6.07, 6.45) is 1.53. The number of hydrogen-bond acceptors (Lipinski definition) is 2. The summed E-state index contributed by atoms with van der Waals surface area (Å²) in [5, 5.41) is 8.29. The van der Waals surface area contributed by atoms with Crippen molar-refractivity contribution in [3.05, 3.63) is 0 Å². The molecule has 0 atom stereocenters. The van der Waals surface area contributed by atoms with Gasteiger partial charge in [0.1, 0.15) is 5.78 Å². The molecule has 0 aromatic rings. The molecule has 3 nitrogen and oxygen atoms in total. The highest BCUT2D eigenvalue weighted by atomic mass is 16.4. The maximum Gasteiger partial charge on any atom is 0.303 e. The minimum absolute atomic E-state index is 0.0308. The topological polar surface area (TPSA) is 54.4 Å². The SMILES string of the molecule is CC(C)CCC(=O)CCC(=O)O. The predicted octanol–water partition coefficient (Wildman–Crippen LogP) is 1.86. The zero-order valence-corrected chi connectivity index (χ0v) is 7.67. The second-order valence-electron chi connectivity index (χ2n) is 3.36. The summed E-state index contributed by atoms with van der Waals surface area (Å²) < 4.78 is 0. The summed E-state index contributed by atoms with van der Waals surface area (Å²) in [6.45, 7) is 4.09. The van der Waals surface area contributed by atoms with Crippen LogP contribution in [-0.2, 0) is 9.59 Å². The number of carboxylic acid groups (broad SMARTS) is 1. The number of carboxylic acids is 1. The average molecular weight is 172 g/mol. The third-order valence-electron chi connectivity index (χ3n) is 1.62. The molecular formula is C9H16O3. The first-order chi connectivity index (χ1) is 5.52. The van der Waals surface area contributed by atoms with Gasteiger partial charge in [-0.1, -0.05) is 13.8 Å². The summed E-state index contributed by atoms with van der Waals surface area (Å²) in [7, 11) is 0. The third kappa shape index (κ3) is 7.25. The van der Waals surface area contributed by atoms with Crippen LogP contribution < -0.4 is 0 Å². The molecule has 0 aromatic carbocycles. The van der Waals surface area contributed by atoms with Crippen LogP contribution in [0.1, 0.15) is 39.5 Å². The van der Waals surface area contributed by atoms with Crippen LogP contribution in [0.3, 0.4) is 0 Å². The van der Waals surface area contributed by atoms with Crippen LogP contribution in [0.2, 0.25) is 0 Å². The van der Waals surface area contributed by atoms with Gasteiger partial charge >= 0.3 is 5.97 Å². The van der Waals surface area contributed by atoms with E-state index in [1.54, 1.807) is 0 Å². The first-order valence-corrected chi connectivity index (χ1v) is 4.26. The number of aliphatic carboxylic acids is 1. The van der Waals surface area contributed by atoms with E-state index in [4.69, 9.17) is 5.11 Å². The normalized spacial score (nSPS) is 10.2. The van der Waals surface area contributed by atoms with Crippen LogP contribution in [-0.4, -0.2) is 16.9 Å². The van der Waals surface area contributed by atoms with Crippen molar-refractivity contribution >= 4 is 11.8 Å². The second kappa shape index (κ2) is 5.75. The van der Waals surface area contributed by atoms with Gasteiger partial charge in [0.25, 0.3) is 0 Å². The van der Waals surface area contributed by atoms with E-state index in [0.29, 0.717) is 12.3 Å². The Morgan fingerprint density at radius 2 is 1.75 bits per heavy atom. The smallest absolute Gasteiger partial charge is 0.303 e. The number of Topliss-reactive ketones (excluding diaryl/α,β-unsaturated/α-hetero) is 1. The van der Waals surface area contributed by atoms with Crippen molar-refractivity contribution in [3.8, 4) is 0 Å². The number of carbonyl (C=O) groups is 2. The van der Waals surface area contributed by atoms with Gasteiger partial charge < -0.3 is 5.11 Å². The van der Waals surface area contributed by atoms with Crippen molar-refractivity contribution < 1.29 is 14.7 Å². The molecule has 0 aliphatic rings. The third-order valence-corrected chi connectivity index (χ3v) is 1.62. The number of carbonyl (C=O) groups excluding carboxylic acids is 1. The molecule has 0 radical (unpaired) electrons. The van der Waals surface area contributed by atoms with E-state index in [0.717, 1.165) is 6.42 Å². The quantitative estimate of drug-likeness (QED) is 0.665. The molecule has 0 aromatic heterocycles. The Hall–Kier alpha value is -0.860. The Balaban J connectivity index is 3.40. The Bertz CT molecular complexity index is 161. The maximum atomic E-state index is 11.0. The van der Waals surface area contributed by atoms with Crippen molar-refractivity contribution in [1.29, 1.82) is 0 Å². The van der Waals surface area contributed by atoms with Gasteiger partial charge in [-0.05, 0) is 12.3 Å². The summed E-state index contributed by atoms with van der Waals surface area (Å²) in [6, 6.07) is 0. The van der Waals surface area contributed by atoms with E-state index in [1.807, 2.05) is 13.8 Å². The van der Waals surface area contributed by atoms with Gasteiger partial charge in [0, 0.05) is 12.8 Å². The number of rotatable bonds is 6. The molecule has 0 saturated heterocycles. The van der Waals surface area contributed by atoms with Crippen molar-refractivity contribution in [3.63, 3.8) is 0 Å². The van der Waals surface area contributed by atoms with Crippen LogP contribution in [0.25, 0.3) is 0 Å².